The SMILES string of the molecule is OC[C@H]1CCC(Oc2ccc(O)c(F)c2)O1. The van der Waals surface area contributed by atoms with Crippen molar-refractivity contribution in [3.05, 3.63) is 24.0 Å². The van der Waals surface area contributed by atoms with Gasteiger partial charge in [-0.3, -0.25) is 0 Å². The molecule has 1 saturated heterocycles. The molecule has 2 N–H and O–H groups in total. The predicted octanol–water partition coefficient (Wildman–Crippen LogP) is 1.41. The summed E-state index contributed by atoms with van der Waals surface area (Å²) in [5.41, 5.74) is 0. The Bertz CT molecular complexity index is 369. The molecule has 0 radical (unpaired) electrons. The highest BCUT2D eigenvalue weighted by molar-refractivity contribution is 5.32. The molecule has 1 unspecified atom stereocenters. The normalized spacial score (nSPS) is 24.6. The molecule has 16 heavy (non-hydrogen) atoms. The van der Waals surface area contributed by atoms with E-state index >= 15 is 0 Å². The minimum absolute atomic E-state index is 0.0379. The molecule has 2 rings (SSSR count). The van der Waals surface area contributed by atoms with Gasteiger partial charge in [-0.15, -0.1) is 0 Å². The highest BCUT2D eigenvalue weighted by atomic mass is 19.1. The van der Waals surface area contributed by atoms with Crippen molar-refractivity contribution in [3.63, 3.8) is 0 Å². The minimum Gasteiger partial charge on any atom is -0.505 e. The summed E-state index contributed by atoms with van der Waals surface area (Å²) in [5, 5.41) is 17.8. The smallest absolute Gasteiger partial charge is 0.200 e. The molecular weight excluding hydrogens is 215 g/mol. The van der Waals surface area contributed by atoms with E-state index in [1.165, 1.54) is 12.1 Å². The van der Waals surface area contributed by atoms with Crippen LogP contribution in [-0.4, -0.2) is 29.2 Å². The summed E-state index contributed by atoms with van der Waals surface area (Å²) >= 11 is 0. The van der Waals surface area contributed by atoms with Gasteiger partial charge in [0.1, 0.15) is 5.75 Å². The number of ether oxygens (including phenoxy) is 2. The van der Waals surface area contributed by atoms with Crippen molar-refractivity contribution in [1.82, 2.24) is 0 Å². The van der Waals surface area contributed by atoms with Crippen molar-refractivity contribution in [3.8, 4) is 11.5 Å². The van der Waals surface area contributed by atoms with Gasteiger partial charge in [-0.25, -0.2) is 4.39 Å². The van der Waals surface area contributed by atoms with Crippen molar-refractivity contribution in [2.24, 2.45) is 0 Å². The summed E-state index contributed by atoms with van der Waals surface area (Å²) in [5.74, 6) is -0.832. The largest absolute Gasteiger partial charge is 0.505 e. The second-order valence-corrected chi connectivity index (χ2v) is 3.68. The predicted molar refractivity (Wildman–Crippen MR) is 53.7 cm³/mol. The van der Waals surface area contributed by atoms with Crippen molar-refractivity contribution in [2.45, 2.75) is 25.2 Å². The standard InChI is InChI=1S/C11H13FO4/c12-9-5-7(1-3-10(9)14)15-11-4-2-8(6-13)16-11/h1,3,5,8,11,13-14H,2,4,6H2/t8-,11?/m1/s1. The summed E-state index contributed by atoms with van der Waals surface area (Å²) < 4.78 is 23.7. The van der Waals surface area contributed by atoms with Crippen LogP contribution in [-0.2, 0) is 4.74 Å². The molecule has 0 aliphatic carbocycles. The van der Waals surface area contributed by atoms with Gasteiger partial charge < -0.3 is 19.7 Å². The first-order valence-electron chi connectivity index (χ1n) is 5.10. The maximum absolute atomic E-state index is 13.0. The van der Waals surface area contributed by atoms with Gasteiger partial charge in [-0.1, -0.05) is 0 Å². The first-order valence-corrected chi connectivity index (χ1v) is 5.10. The van der Waals surface area contributed by atoms with E-state index in [1.54, 1.807) is 0 Å². The topological polar surface area (TPSA) is 58.9 Å². The fourth-order valence-electron chi connectivity index (χ4n) is 1.61. The van der Waals surface area contributed by atoms with Crippen LogP contribution in [0.25, 0.3) is 0 Å². The lowest BCUT2D eigenvalue weighted by Gasteiger charge is -2.14. The van der Waals surface area contributed by atoms with E-state index in [0.29, 0.717) is 12.2 Å². The molecule has 0 saturated carbocycles. The van der Waals surface area contributed by atoms with E-state index in [1.807, 2.05) is 0 Å². The summed E-state index contributed by atoms with van der Waals surface area (Å²) in [4.78, 5) is 0. The number of halogens is 1. The maximum Gasteiger partial charge on any atom is 0.200 e. The molecular formula is C11H13FO4. The number of hydrogen-bond acceptors (Lipinski definition) is 4. The third-order valence-electron chi connectivity index (χ3n) is 2.46. The molecule has 0 bridgehead atoms. The van der Waals surface area contributed by atoms with Crippen LogP contribution in [0.1, 0.15) is 12.8 Å². The Hall–Kier alpha value is -1.33. The molecule has 2 atom stereocenters. The van der Waals surface area contributed by atoms with E-state index in [4.69, 9.17) is 19.7 Å². The van der Waals surface area contributed by atoms with Gasteiger partial charge in [0.15, 0.2) is 17.9 Å². The second-order valence-electron chi connectivity index (χ2n) is 3.68. The van der Waals surface area contributed by atoms with Gasteiger partial charge in [0.2, 0.25) is 0 Å². The van der Waals surface area contributed by atoms with Crippen LogP contribution in [0.4, 0.5) is 4.39 Å². The Labute approximate surface area is 92.2 Å². The lowest BCUT2D eigenvalue weighted by atomic mass is 10.2. The zero-order chi connectivity index (χ0) is 11.5. The summed E-state index contributed by atoms with van der Waals surface area (Å²) in [6.45, 7) is -0.0379. The fraction of sp³-hybridized carbons (Fsp3) is 0.455. The third kappa shape index (κ3) is 2.43. The van der Waals surface area contributed by atoms with Crippen LogP contribution in [0.3, 0.4) is 0 Å². The van der Waals surface area contributed by atoms with Crippen LogP contribution in [0, 0.1) is 5.82 Å². The zero-order valence-corrected chi connectivity index (χ0v) is 8.60. The van der Waals surface area contributed by atoms with Gasteiger partial charge in [0.05, 0.1) is 12.7 Å². The van der Waals surface area contributed by atoms with E-state index in [-0.39, 0.29) is 12.7 Å². The molecule has 1 fully saturated rings. The molecule has 4 nitrogen and oxygen atoms in total. The molecule has 0 amide bonds. The Morgan fingerprint density at radius 1 is 1.44 bits per heavy atom. The summed E-state index contributed by atoms with van der Waals surface area (Å²) in [7, 11) is 0. The number of rotatable bonds is 3. The Balaban J connectivity index is 1.97. The third-order valence-corrected chi connectivity index (χ3v) is 2.46. The van der Waals surface area contributed by atoms with Crippen molar-refractivity contribution < 1.29 is 24.1 Å². The average Bonchev–Trinajstić information content (AvgIpc) is 2.71. The van der Waals surface area contributed by atoms with E-state index in [2.05, 4.69) is 0 Å². The number of phenolic OH excluding ortho intramolecular Hbond substituents is 1. The van der Waals surface area contributed by atoms with Crippen molar-refractivity contribution >= 4 is 0 Å². The quantitative estimate of drug-likeness (QED) is 0.821. The van der Waals surface area contributed by atoms with Gasteiger partial charge in [-0.05, 0) is 18.6 Å². The number of aromatic hydroxyl groups is 1. The van der Waals surface area contributed by atoms with E-state index in [9.17, 15) is 4.39 Å². The first kappa shape index (κ1) is 11.2. The molecule has 88 valence electrons. The van der Waals surface area contributed by atoms with Gasteiger partial charge in [0, 0.05) is 12.5 Å². The monoisotopic (exact) mass is 228 g/mol. The molecule has 0 aromatic heterocycles. The maximum atomic E-state index is 13.0. The molecule has 1 aliphatic rings. The van der Waals surface area contributed by atoms with Crippen LogP contribution >= 0.6 is 0 Å². The Morgan fingerprint density at radius 3 is 2.88 bits per heavy atom. The molecule has 1 aromatic carbocycles. The number of hydrogen-bond donors (Lipinski definition) is 2. The lowest BCUT2D eigenvalue weighted by molar-refractivity contribution is -0.0851. The van der Waals surface area contributed by atoms with Gasteiger partial charge in [-0.2, -0.15) is 0 Å². The van der Waals surface area contributed by atoms with Crippen LogP contribution < -0.4 is 4.74 Å². The molecule has 1 aromatic rings. The van der Waals surface area contributed by atoms with E-state index < -0.39 is 17.9 Å². The van der Waals surface area contributed by atoms with Crippen molar-refractivity contribution in [2.75, 3.05) is 6.61 Å². The highest BCUT2D eigenvalue weighted by Gasteiger charge is 2.26. The Kier molecular flexibility index (Phi) is 3.26. The first-order chi connectivity index (χ1) is 7.69. The number of benzene rings is 1. The lowest BCUT2D eigenvalue weighted by Crippen LogP contribution is -2.19. The van der Waals surface area contributed by atoms with Gasteiger partial charge >= 0.3 is 0 Å². The number of aliphatic hydroxyl groups is 1. The highest BCUT2D eigenvalue weighted by Crippen LogP contribution is 2.26. The van der Waals surface area contributed by atoms with Crippen LogP contribution in [0.5, 0.6) is 11.5 Å². The zero-order valence-electron chi connectivity index (χ0n) is 8.60. The summed E-state index contributed by atoms with van der Waals surface area (Å²) in [6.07, 6.45) is 0.725. The number of phenols is 1. The molecule has 0 spiro atoms. The van der Waals surface area contributed by atoms with Crippen LogP contribution in [0.2, 0.25) is 0 Å². The second kappa shape index (κ2) is 4.67. The molecule has 5 heteroatoms. The molecule has 1 heterocycles. The molecule has 1 aliphatic heterocycles. The summed E-state index contributed by atoms with van der Waals surface area (Å²) in [6, 6.07) is 3.79. The van der Waals surface area contributed by atoms with Crippen molar-refractivity contribution in [1.29, 1.82) is 0 Å². The minimum atomic E-state index is -0.728. The Morgan fingerprint density at radius 2 is 2.25 bits per heavy atom. The van der Waals surface area contributed by atoms with Crippen LogP contribution in [0.15, 0.2) is 18.2 Å². The number of aliphatic hydroxyl groups excluding tert-OH is 1. The fourth-order valence-corrected chi connectivity index (χ4v) is 1.61. The average molecular weight is 228 g/mol. The van der Waals surface area contributed by atoms with E-state index in [0.717, 1.165) is 12.5 Å². The van der Waals surface area contributed by atoms with Gasteiger partial charge in [0.25, 0.3) is 0 Å².